The minimum atomic E-state index is -0.182. The third-order valence-electron chi connectivity index (χ3n) is 7.22. The van der Waals surface area contributed by atoms with Gasteiger partial charge in [0, 0.05) is 24.5 Å². The fraction of sp³-hybridized carbons (Fsp3) is 0.462. The molecular formula is C26H36N4O2. The van der Waals surface area contributed by atoms with Gasteiger partial charge in [0.25, 0.3) is 0 Å². The summed E-state index contributed by atoms with van der Waals surface area (Å²) < 4.78 is 0. The van der Waals surface area contributed by atoms with Crippen LogP contribution in [0.4, 0.5) is 21.0 Å². The topological polar surface area (TPSA) is 82.3 Å². The van der Waals surface area contributed by atoms with Crippen molar-refractivity contribution in [1.82, 2.24) is 10.6 Å². The summed E-state index contributed by atoms with van der Waals surface area (Å²) in [6.07, 6.45) is 0.973. The van der Waals surface area contributed by atoms with E-state index in [4.69, 9.17) is 0 Å². The van der Waals surface area contributed by atoms with Crippen molar-refractivity contribution in [1.29, 1.82) is 0 Å². The maximum Gasteiger partial charge on any atom is 0.319 e. The van der Waals surface area contributed by atoms with Crippen molar-refractivity contribution in [2.45, 2.75) is 48.0 Å². The van der Waals surface area contributed by atoms with Crippen LogP contribution in [-0.4, -0.2) is 25.2 Å². The van der Waals surface area contributed by atoms with E-state index in [1.165, 1.54) is 11.1 Å². The second-order valence-corrected chi connectivity index (χ2v) is 9.72. The minimum Gasteiger partial charge on any atom is -0.338 e. The van der Waals surface area contributed by atoms with Gasteiger partial charge in [-0.25, -0.2) is 9.59 Å². The predicted octanol–water partition coefficient (Wildman–Crippen LogP) is 5.53. The Kier molecular flexibility index (Phi) is 7.12. The van der Waals surface area contributed by atoms with E-state index in [2.05, 4.69) is 49.0 Å². The van der Waals surface area contributed by atoms with E-state index in [0.717, 1.165) is 28.9 Å². The highest BCUT2D eigenvalue weighted by Gasteiger charge is 2.47. The number of nitrogens with one attached hydrogen (secondary N) is 4. The zero-order valence-electron chi connectivity index (χ0n) is 20.1. The number of carbonyl (C=O) groups is 2. The van der Waals surface area contributed by atoms with E-state index in [1.54, 1.807) is 0 Å². The summed E-state index contributed by atoms with van der Waals surface area (Å²) in [5.41, 5.74) is 6.36. The summed E-state index contributed by atoms with van der Waals surface area (Å²) in [4.78, 5) is 24.6. The summed E-state index contributed by atoms with van der Waals surface area (Å²) in [7, 11) is 0. The van der Waals surface area contributed by atoms with Crippen LogP contribution in [0.15, 0.2) is 36.4 Å². The number of aryl methyl sites for hydroxylation is 4. The summed E-state index contributed by atoms with van der Waals surface area (Å²) in [6, 6.07) is 11.4. The van der Waals surface area contributed by atoms with Crippen molar-refractivity contribution in [3.63, 3.8) is 0 Å². The Morgan fingerprint density at radius 1 is 0.750 bits per heavy atom. The first-order valence-corrected chi connectivity index (χ1v) is 11.3. The summed E-state index contributed by atoms with van der Waals surface area (Å²) in [5, 5.41) is 11.8. The Morgan fingerprint density at radius 2 is 1.16 bits per heavy atom. The molecule has 0 heterocycles. The smallest absolute Gasteiger partial charge is 0.319 e. The third-order valence-corrected chi connectivity index (χ3v) is 7.22. The molecule has 172 valence electrons. The molecule has 6 heteroatoms. The maximum atomic E-state index is 12.3. The number of anilines is 2. The molecule has 1 aliphatic rings. The number of hydrogen-bond donors (Lipinski definition) is 4. The molecule has 4 N–H and O–H groups in total. The zero-order chi connectivity index (χ0) is 23.5. The molecule has 0 bridgehead atoms. The molecule has 1 aliphatic carbocycles. The van der Waals surface area contributed by atoms with Crippen LogP contribution in [0.3, 0.4) is 0 Å². The lowest BCUT2D eigenvalue weighted by Crippen LogP contribution is -2.54. The number of benzene rings is 2. The van der Waals surface area contributed by atoms with Crippen LogP contribution in [0, 0.1) is 44.9 Å². The van der Waals surface area contributed by atoms with Gasteiger partial charge in [-0.05, 0) is 97.9 Å². The first kappa shape index (κ1) is 23.6. The molecule has 4 amide bonds. The normalized spacial score (nSPS) is 18.9. The van der Waals surface area contributed by atoms with Gasteiger partial charge in [-0.3, -0.25) is 0 Å². The Bertz CT molecular complexity index is 922. The van der Waals surface area contributed by atoms with E-state index >= 15 is 0 Å². The molecule has 2 aromatic rings. The van der Waals surface area contributed by atoms with E-state index in [9.17, 15) is 9.59 Å². The molecule has 0 unspecified atom stereocenters. The van der Waals surface area contributed by atoms with Crippen molar-refractivity contribution in [3.05, 3.63) is 58.7 Å². The van der Waals surface area contributed by atoms with Crippen LogP contribution in [0.1, 0.15) is 42.5 Å². The second-order valence-electron chi connectivity index (χ2n) is 9.72. The second kappa shape index (κ2) is 9.63. The number of rotatable bonds is 6. The quantitative estimate of drug-likeness (QED) is 0.480. The molecule has 0 radical (unpaired) electrons. The van der Waals surface area contributed by atoms with E-state index in [-0.39, 0.29) is 17.5 Å². The van der Waals surface area contributed by atoms with Gasteiger partial charge in [0.2, 0.25) is 0 Å². The van der Waals surface area contributed by atoms with Gasteiger partial charge in [0.05, 0.1) is 0 Å². The van der Waals surface area contributed by atoms with Gasteiger partial charge in [0.1, 0.15) is 0 Å². The Hall–Kier alpha value is -3.02. The van der Waals surface area contributed by atoms with Crippen molar-refractivity contribution in [2.75, 3.05) is 23.7 Å². The lowest BCUT2D eigenvalue weighted by atomic mass is 9.54. The Labute approximate surface area is 191 Å². The van der Waals surface area contributed by atoms with Crippen molar-refractivity contribution < 1.29 is 9.59 Å². The van der Waals surface area contributed by atoms with E-state index in [0.29, 0.717) is 24.9 Å². The molecule has 2 atom stereocenters. The summed E-state index contributed by atoms with van der Waals surface area (Å²) in [5.74, 6) is 0.755. The molecule has 0 spiro atoms. The van der Waals surface area contributed by atoms with Gasteiger partial charge < -0.3 is 21.3 Å². The number of carbonyl (C=O) groups excluding carboxylic acids is 2. The molecular weight excluding hydrogens is 400 g/mol. The van der Waals surface area contributed by atoms with Crippen LogP contribution in [-0.2, 0) is 0 Å². The van der Waals surface area contributed by atoms with Crippen molar-refractivity contribution in [2.24, 2.45) is 17.3 Å². The lowest BCUT2D eigenvalue weighted by molar-refractivity contribution is -0.0142. The maximum absolute atomic E-state index is 12.3. The van der Waals surface area contributed by atoms with Gasteiger partial charge >= 0.3 is 12.1 Å². The Morgan fingerprint density at radius 3 is 1.50 bits per heavy atom. The third kappa shape index (κ3) is 5.61. The minimum absolute atomic E-state index is 0.0431. The SMILES string of the molecule is Cc1ccc(NC(=O)NC[C@H]2C[C@H](CNC(=O)Nc3ccc(C)c(C)c3)C2(C)C)cc1C. The summed E-state index contributed by atoms with van der Waals surface area (Å²) >= 11 is 0. The highest BCUT2D eigenvalue weighted by atomic mass is 16.2. The first-order valence-electron chi connectivity index (χ1n) is 11.3. The van der Waals surface area contributed by atoms with Crippen molar-refractivity contribution >= 4 is 23.4 Å². The van der Waals surface area contributed by atoms with E-state index in [1.807, 2.05) is 50.2 Å². The molecule has 6 nitrogen and oxygen atoms in total. The van der Waals surface area contributed by atoms with Gasteiger partial charge in [0.15, 0.2) is 0 Å². The summed E-state index contributed by atoms with van der Waals surface area (Å²) in [6.45, 7) is 13.8. The van der Waals surface area contributed by atoms with Crippen LogP contribution < -0.4 is 21.3 Å². The average Bonchev–Trinajstić information content (AvgIpc) is 2.72. The number of amides is 4. The van der Waals surface area contributed by atoms with Crippen LogP contribution >= 0.6 is 0 Å². The number of hydrogen-bond acceptors (Lipinski definition) is 2. The average molecular weight is 437 g/mol. The molecule has 1 fully saturated rings. The highest BCUT2D eigenvalue weighted by Crippen LogP contribution is 2.50. The molecule has 2 aromatic carbocycles. The van der Waals surface area contributed by atoms with Crippen molar-refractivity contribution in [3.8, 4) is 0 Å². The van der Waals surface area contributed by atoms with Crippen LogP contribution in [0.25, 0.3) is 0 Å². The molecule has 0 aliphatic heterocycles. The van der Waals surface area contributed by atoms with E-state index < -0.39 is 0 Å². The Balaban J connectivity index is 1.41. The van der Waals surface area contributed by atoms with Gasteiger partial charge in [-0.2, -0.15) is 0 Å². The molecule has 1 saturated carbocycles. The zero-order valence-corrected chi connectivity index (χ0v) is 20.1. The van der Waals surface area contributed by atoms with Crippen LogP contribution in [0.5, 0.6) is 0 Å². The molecule has 0 aromatic heterocycles. The molecule has 32 heavy (non-hydrogen) atoms. The standard InChI is InChI=1S/C26H36N4O2/c1-16-7-9-22(11-18(16)3)29-24(31)27-14-20-13-21(26(20,5)6)15-28-25(32)30-23-10-8-17(2)19(4)12-23/h7-12,20-21H,13-15H2,1-6H3,(H2,27,29,31)(H2,28,30,32)/t20-,21-/m1/s1. The van der Waals surface area contributed by atoms with Gasteiger partial charge in [-0.15, -0.1) is 0 Å². The van der Waals surface area contributed by atoms with Crippen LogP contribution in [0.2, 0.25) is 0 Å². The first-order chi connectivity index (χ1) is 15.1. The fourth-order valence-electron chi connectivity index (χ4n) is 4.24. The monoisotopic (exact) mass is 436 g/mol. The largest absolute Gasteiger partial charge is 0.338 e. The fourth-order valence-corrected chi connectivity index (χ4v) is 4.24. The van der Waals surface area contributed by atoms with Gasteiger partial charge in [-0.1, -0.05) is 26.0 Å². The predicted molar refractivity (Wildman–Crippen MR) is 131 cm³/mol. The molecule has 0 saturated heterocycles. The lowest BCUT2D eigenvalue weighted by Gasteiger charge is -2.52. The molecule has 3 rings (SSSR count). The number of urea groups is 2. The highest BCUT2D eigenvalue weighted by molar-refractivity contribution is 5.90.